The minimum Gasteiger partial charge on any atom is -0.446 e. The summed E-state index contributed by atoms with van der Waals surface area (Å²) in [4.78, 5) is 11.2. The maximum Gasteiger partial charge on any atom is 0.407 e. The van der Waals surface area contributed by atoms with E-state index in [2.05, 4.69) is 12.2 Å². The Labute approximate surface area is 79.8 Å². The Bertz CT molecular complexity index is 166. The Balaban J connectivity index is 2.14. The molecule has 0 radical (unpaired) electrons. The first-order valence-corrected chi connectivity index (χ1v) is 5.23. The fourth-order valence-electron chi connectivity index (χ4n) is 1.25. The van der Waals surface area contributed by atoms with Crippen molar-refractivity contribution in [3.05, 3.63) is 0 Å². The van der Waals surface area contributed by atoms with Crippen molar-refractivity contribution in [2.75, 3.05) is 0 Å². The molecule has 76 valence electrons. The van der Waals surface area contributed by atoms with Crippen LogP contribution in [-0.2, 0) is 4.74 Å². The molecule has 0 aliphatic heterocycles. The molecule has 0 unspecified atom stereocenters. The van der Waals surface area contributed by atoms with Gasteiger partial charge in [0.1, 0.15) is 6.10 Å². The highest BCUT2D eigenvalue weighted by Crippen LogP contribution is 2.19. The van der Waals surface area contributed by atoms with Gasteiger partial charge in [0.2, 0.25) is 0 Å². The Kier molecular flexibility index (Phi) is 4.06. The molecule has 0 spiro atoms. The largest absolute Gasteiger partial charge is 0.446 e. The van der Waals surface area contributed by atoms with Crippen LogP contribution < -0.4 is 5.32 Å². The van der Waals surface area contributed by atoms with E-state index in [-0.39, 0.29) is 12.2 Å². The Morgan fingerprint density at radius 2 is 2.23 bits per heavy atom. The topological polar surface area (TPSA) is 38.3 Å². The second kappa shape index (κ2) is 5.10. The van der Waals surface area contributed by atoms with Crippen LogP contribution in [0.3, 0.4) is 0 Å². The molecule has 3 nitrogen and oxygen atoms in total. The second-order valence-corrected chi connectivity index (χ2v) is 3.64. The van der Waals surface area contributed by atoms with Crippen LogP contribution in [0.25, 0.3) is 0 Å². The number of ether oxygens (including phenoxy) is 1. The third-order valence-corrected chi connectivity index (χ3v) is 2.24. The molecule has 1 amide bonds. The third-order valence-electron chi connectivity index (χ3n) is 2.24. The molecule has 1 atom stereocenters. The lowest BCUT2D eigenvalue weighted by atomic mass is 10.2. The number of carbonyl (C=O) groups is 1. The molecule has 0 bridgehead atoms. The van der Waals surface area contributed by atoms with Crippen LogP contribution in [0.2, 0.25) is 0 Å². The molecular weight excluding hydrogens is 166 g/mol. The van der Waals surface area contributed by atoms with E-state index in [9.17, 15) is 4.79 Å². The molecule has 0 aromatic carbocycles. The maximum atomic E-state index is 11.2. The highest BCUT2D eigenvalue weighted by atomic mass is 16.6. The van der Waals surface area contributed by atoms with Crippen molar-refractivity contribution in [1.82, 2.24) is 5.32 Å². The van der Waals surface area contributed by atoms with Crippen LogP contribution in [-0.4, -0.2) is 18.2 Å². The lowest BCUT2D eigenvalue weighted by Gasteiger charge is -2.15. The normalized spacial score (nSPS) is 18.0. The summed E-state index contributed by atoms with van der Waals surface area (Å²) in [5.41, 5.74) is 0. The average molecular weight is 185 g/mol. The van der Waals surface area contributed by atoms with E-state index in [0.29, 0.717) is 6.04 Å². The quantitative estimate of drug-likeness (QED) is 0.714. The SMILES string of the molecule is CCC[C@H](CC)OC(=O)NC1CC1. The monoisotopic (exact) mass is 185 g/mol. The predicted molar refractivity (Wildman–Crippen MR) is 51.6 cm³/mol. The summed E-state index contributed by atoms with van der Waals surface area (Å²) in [6.45, 7) is 4.15. The Morgan fingerprint density at radius 3 is 2.69 bits per heavy atom. The molecule has 1 aliphatic carbocycles. The summed E-state index contributed by atoms with van der Waals surface area (Å²) in [6.07, 6.45) is 5.03. The van der Waals surface area contributed by atoms with Crippen molar-refractivity contribution in [2.45, 2.75) is 58.1 Å². The van der Waals surface area contributed by atoms with Gasteiger partial charge in [-0.1, -0.05) is 20.3 Å². The van der Waals surface area contributed by atoms with Gasteiger partial charge >= 0.3 is 6.09 Å². The van der Waals surface area contributed by atoms with Gasteiger partial charge in [-0.15, -0.1) is 0 Å². The lowest BCUT2D eigenvalue weighted by molar-refractivity contribution is 0.0894. The molecule has 13 heavy (non-hydrogen) atoms. The molecule has 1 rings (SSSR count). The minimum atomic E-state index is -0.234. The smallest absolute Gasteiger partial charge is 0.407 e. The van der Waals surface area contributed by atoms with Crippen molar-refractivity contribution in [3.8, 4) is 0 Å². The van der Waals surface area contributed by atoms with E-state index in [4.69, 9.17) is 4.74 Å². The van der Waals surface area contributed by atoms with Crippen LogP contribution in [0.5, 0.6) is 0 Å². The van der Waals surface area contributed by atoms with Crippen molar-refractivity contribution >= 4 is 6.09 Å². The van der Waals surface area contributed by atoms with Gasteiger partial charge in [-0.05, 0) is 25.7 Å². The summed E-state index contributed by atoms with van der Waals surface area (Å²) in [6, 6.07) is 0.395. The number of nitrogens with one attached hydrogen (secondary N) is 1. The van der Waals surface area contributed by atoms with Gasteiger partial charge in [-0.2, -0.15) is 0 Å². The van der Waals surface area contributed by atoms with Gasteiger partial charge in [0.15, 0.2) is 0 Å². The number of rotatable bonds is 5. The molecule has 1 fully saturated rings. The molecule has 0 aromatic rings. The van der Waals surface area contributed by atoms with E-state index in [1.807, 2.05) is 6.92 Å². The van der Waals surface area contributed by atoms with E-state index in [1.165, 1.54) is 0 Å². The first-order chi connectivity index (χ1) is 6.26. The van der Waals surface area contributed by atoms with Crippen molar-refractivity contribution in [1.29, 1.82) is 0 Å². The van der Waals surface area contributed by atoms with Gasteiger partial charge < -0.3 is 10.1 Å². The molecule has 1 saturated carbocycles. The minimum absolute atomic E-state index is 0.101. The van der Waals surface area contributed by atoms with Crippen LogP contribution in [0.4, 0.5) is 4.79 Å². The first kappa shape index (κ1) is 10.4. The van der Waals surface area contributed by atoms with Crippen molar-refractivity contribution in [3.63, 3.8) is 0 Å². The van der Waals surface area contributed by atoms with Crippen LogP contribution in [0.15, 0.2) is 0 Å². The molecule has 3 heteroatoms. The number of hydrogen-bond donors (Lipinski definition) is 1. The molecular formula is C10H19NO2. The van der Waals surface area contributed by atoms with Gasteiger partial charge in [0, 0.05) is 6.04 Å². The van der Waals surface area contributed by atoms with Gasteiger partial charge in [-0.25, -0.2) is 4.79 Å². The highest BCUT2D eigenvalue weighted by Gasteiger charge is 2.24. The number of hydrogen-bond acceptors (Lipinski definition) is 2. The zero-order valence-corrected chi connectivity index (χ0v) is 8.51. The zero-order valence-electron chi connectivity index (χ0n) is 8.51. The van der Waals surface area contributed by atoms with Crippen LogP contribution >= 0.6 is 0 Å². The van der Waals surface area contributed by atoms with E-state index in [0.717, 1.165) is 32.1 Å². The molecule has 1 N–H and O–H groups in total. The van der Waals surface area contributed by atoms with Crippen molar-refractivity contribution in [2.24, 2.45) is 0 Å². The number of amides is 1. The predicted octanol–water partition coefficient (Wildman–Crippen LogP) is 2.45. The molecule has 0 heterocycles. The number of alkyl carbamates (subject to hydrolysis) is 1. The Morgan fingerprint density at radius 1 is 1.54 bits per heavy atom. The maximum absolute atomic E-state index is 11.2. The molecule has 1 aliphatic rings. The summed E-state index contributed by atoms with van der Waals surface area (Å²) in [5, 5.41) is 2.82. The third kappa shape index (κ3) is 4.15. The van der Waals surface area contributed by atoms with E-state index >= 15 is 0 Å². The lowest BCUT2D eigenvalue weighted by Crippen LogP contribution is -2.30. The Hall–Kier alpha value is -0.730. The fraction of sp³-hybridized carbons (Fsp3) is 0.900. The standard InChI is InChI=1S/C10H19NO2/c1-3-5-9(4-2)13-10(12)11-8-6-7-8/h8-9H,3-7H2,1-2H3,(H,11,12)/t9-/m0/s1. The van der Waals surface area contributed by atoms with Gasteiger partial charge in [-0.3, -0.25) is 0 Å². The summed E-state index contributed by atoms with van der Waals surface area (Å²) in [7, 11) is 0. The van der Waals surface area contributed by atoms with Crippen LogP contribution in [0, 0.1) is 0 Å². The summed E-state index contributed by atoms with van der Waals surface area (Å²) >= 11 is 0. The van der Waals surface area contributed by atoms with E-state index in [1.54, 1.807) is 0 Å². The summed E-state index contributed by atoms with van der Waals surface area (Å²) < 4.78 is 5.24. The zero-order chi connectivity index (χ0) is 9.68. The first-order valence-electron chi connectivity index (χ1n) is 5.23. The van der Waals surface area contributed by atoms with Crippen molar-refractivity contribution < 1.29 is 9.53 Å². The summed E-state index contributed by atoms with van der Waals surface area (Å²) in [5.74, 6) is 0. The fourth-order valence-corrected chi connectivity index (χ4v) is 1.25. The second-order valence-electron chi connectivity index (χ2n) is 3.64. The van der Waals surface area contributed by atoms with Gasteiger partial charge in [0.25, 0.3) is 0 Å². The average Bonchev–Trinajstić information content (AvgIpc) is 2.87. The van der Waals surface area contributed by atoms with Gasteiger partial charge in [0.05, 0.1) is 0 Å². The van der Waals surface area contributed by atoms with Crippen LogP contribution in [0.1, 0.15) is 46.0 Å². The number of carbonyl (C=O) groups excluding carboxylic acids is 1. The molecule has 0 saturated heterocycles. The molecule has 0 aromatic heterocycles. The highest BCUT2D eigenvalue weighted by molar-refractivity contribution is 5.68. The van der Waals surface area contributed by atoms with E-state index < -0.39 is 0 Å².